The molecule has 6 heteroatoms. The molecule has 2 unspecified atom stereocenters. The van der Waals surface area contributed by atoms with Crippen molar-refractivity contribution >= 4 is 0 Å². The van der Waals surface area contributed by atoms with Gasteiger partial charge >= 0.3 is 0 Å². The minimum Gasteiger partial charge on any atom is -0.390 e. The highest BCUT2D eigenvalue weighted by atomic mass is 19.1. The number of hydrogen-bond acceptors (Lipinski definition) is 4. The van der Waals surface area contributed by atoms with Gasteiger partial charge in [-0.15, -0.1) is 0 Å². The molecule has 34 heavy (non-hydrogen) atoms. The minimum absolute atomic E-state index is 0.0584. The Hall–Kier alpha value is -1.86. The summed E-state index contributed by atoms with van der Waals surface area (Å²) in [6, 6.07) is 11.9. The van der Waals surface area contributed by atoms with E-state index in [1.807, 2.05) is 0 Å². The summed E-state index contributed by atoms with van der Waals surface area (Å²) in [7, 11) is 0. The van der Waals surface area contributed by atoms with Gasteiger partial charge in [0.25, 0.3) is 0 Å². The molecule has 1 fully saturated rings. The number of aliphatic hydroxyl groups is 1. The molecule has 0 heterocycles. The van der Waals surface area contributed by atoms with Crippen molar-refractivity contribution < 1.29 is 13.9 Å². The van der Waals surface area contributed by atoms with E-state index >= 15 is 0 Å². The Morgan fingerprint density at radius 2 is 1.71 bits per heavy atom. The van der Waals surface area contributed by atoms with Crippen molar-refractivity contribution in [1.82, 2.24) is 10.6 Å². The molecule has 0 aromatic heterocycles. The molecule has 1 saturated carbocycles. The van der Waals surface area contributed by atoms with Crippen molar-refractivity contribution in [2.24, 2.45) is 5.73 Å². The number of hydrogen-bond donors (Lipinski definition) is 4. The second kappa shape index (κ2) is 11.7. The fraction of sp³-hybridized carbons (Fsp3) is 0.571. The average Bonchev–Trinajstić information content (AvgIpc) is 2.79. The van der Waals surface area contributed by atoms with Gasteiger partial charge in [-0.2, -0.15) is 0 Å². The van der Waals surface area contributed by atoms with Crippen LogP contribution in [0.15, 0.2) is 42.5 Å². The van der Waals surface area contributed by atoms with Crippen LogP contribution in [0.3, 0.4) is 0 Å². The first kappa shape index (κ1) is 26.7. The second-order valence-electron chi connectivity index (χ2n) is 10.8. The summed E-state index contributed by atoms with van der Waals surface area (Å²) in [5.74, 6) is -1.22. The van der Waals surface area contributed by atoms with E-state index in [0.29, 0.717) is 31.6 Å². The predicted molar refractivity (Wildman–Crippen MR) is 135 cm³/mol. The monoisotopic (exact) mass is 473 g/mol. The maximum absolute atomic E-state index is 13.7. The Morgan fingerprint density at radius 1 is 1.03 bits per heavy atom. The second-order valence-corrected chi connectivity index (χ2v) is 10.8. The summed E-state index contributed by atoms with van der Waals surface area (Å²) in [6.07, 6.45) is 5.09. The highest BCUT2D eigenvalue weighted by Gasteiger charge is 2.35. The van der Waals surface area contributed by atoms with Gasteiger partial charge in [-0.3, -0.25) is 0 Å². The standard InChI is InChI=1S/C28H41F2N3O/c1-27(2,3)21-8-7-9-22(17-21)28(10-5-4-6-11-28)33-19-26(34)25(32-13-12-31)16-20-14-23(29)18-24(30)15-20/h7-9,14-15,17-18,25-26,32-34H,4-6,10-13,16,19,31H2,1-3H3. The highest BCUT2D eigenvalue weighted by molar-refractivity contribution is 5.34. The average molecular weight is 474 g/mol. The van der Waals surface area contributed by atoms with Crippen molar-refractivity contribution in [3.8, 4) is 0 Å². The lowest BCUT2D eigenvalue weighted by Crippen LogP contribution is -2.53. The summed E-state index contributed by atoms with van der Waals surface area (Å²) >= 11 is 0. The third-order valence-electron chi connectivity index (χ3n) is 7.03. The van der Waals surface area contributed by atoms with Crippen molar-refractivity contribution in [2.45, 2.75) is 82.4 Å². The molecule has 188 valence electrons. The van der Waals surface area contributed by atoms with Crippen molar-refractivity contribution in [2.75, 3.05) is 19.6 Å². The maximum Gasteiger partial charge on any atom is 0.126 e. The highest BCUT2D eigenvalue weighted by Crippen LogP contribution is 2.38. The van der Waals surface area contributed by atoms with E-state index in [9.17, 15) is 13.9 Å². The van der Waals surface area contributed by atoms with Crippen LogP contribution in [0, 0.1) is 11.6 Å². The molecular formula is C28H41F2N3O. The molecule has 0 aliphatic heterocycles. The van der Waals surface area contributed by atoms with Crippen LogP contribution < -0.4 is 16.4 Å². The summed E-state index contributed by atoms with van der Waals surface area (Å²) in [5.41, 5.74) is 8.62. The van der Waals surface area contributed by atoms with Gasteiger partial charge < -0.3 is 21.5 Å². The molecule has 1 aliphatic rings. The van der Waals surface area contributed by atoms with Gasteiger partial charge in [0.2, 0.25) is 0 Å². The van der Waals surface area contributed by atoms with E-state index in [-0.39, 0.29) is 17.0 Å². The molecule has 0 bridgehead atoms. The largest absolute Gasteiger partial charge is 0.390 e. The molecule has 3 rings (SSSR count). The van der Waals surface area contributed by atoms with Gasteiger partial charge in [0.1, 0.15) is 11.6 Å². The summed E-state index contributed by atoms with van der Waals surface area (Å²) < 4.78 is 27.4. The van der Waals surface area contributed by atoms with Crippen LogP contribution in [0.1, 0.15) is 69.6 Å². The molecule has 1 aliphatic carbocycles. The molecule has 2 atom stereocenters. The molecule has 2 aromatic carbocycles. The summed E-state index contributed by atoms with van der Waals surface area (Å²) in [5, 5.41) is 18.1. The van der Waals surface area contributed by atoms with E-state index in [1.54, 1.807) is 0 Å². The lowest BCUT2D eigenvalue weighted by Gasteiger charge is -2.41. The SMILES string of the molecule is CC(C)(C)c1cccc(C2(NCC(O)C(Cc3cc(F)cc(F)c3)NCCN)CCCCC2)c1. The topological polar surface area (TPSA) is 70.3 Å². The smallest absolute Gasteiger partial charge is 0.126 e. The number of rotatable bonds is 10. The zero-order valence-electron chi connectivity index (χ0n) is 20.8. The first-order valence-electron chi connectivity index (χ1n) is 12.6. The fourth-order valence-corrected chi connectivity index (χ4v) is 5.04. The first-order chi connectivity index (χ1) is 16.1. The van der Waals surface area contributed by atoms with Crippen LogP contribution in [-0.2, 0) is 17.4 Å². The Labute approximate surface area is 203 Å². The van der Waals surface area contributed by atoms with Crippen LogP contribution in [-0.4, -0.2) is 36.9 Å². The zero-order valence-corrected chi connectivity index (χ0v) is 20.8. The molecule has 0 radical (unpaired) electrons. The fourth-order valence-electron chi connectivity index (χ4n) is 5.04. The Morgan fingerprint density at radius 3 is 2.32 bits per heavy atom. The van der Waals surface area contributed by atoms with Crippen LogP contribution in [0.4, 0.5) is 8.78 Å². The maximum atomic E-state index is 13.7. The molecule has 0 saturated heterocycles. The Balaban J connectivity index is 1.78. The van der Waals surface area contributed by atoms with Crippen LogP contribution >= 0.6 is 0 Å². The van der Waals surface area contributed by atoms with E-state index in [0.717, 1.165) is 31.7 Å². The van der Waals surface area contributed by atoms with Gasteiger partial charge in [0, 0.05) is 37.3 Å². The normalized spacial score (nSPS) is 18.0. The van der Waals surface area contributed by atoms with Crippen LogP contribution in [0.2, 0.25) is 0 Å². The number of nitrogens with one attached hydrogen (secondary N) is 2. The number of aliphatic hydroxyl groups excluding tert-OH is 1. The minimum atomic E-state index is -0.748. The third kappa shape index (κ3) is 7.08. The van der Waals surface area contributed by atoms with Gasteiger partial charge in [0.05, 0.1) is 6.10 Å². The third-order valence-corrected chi connectivity index (χ3v) is 7.03. The number of benzene rings is 2. The van der Waals surface area contributed by atoms with E-state index in [1.165, 1.54) is 29.7 Å². The van der Waals surface area contributed by atoms with Gasteiger partial charge in [0.15, 0.2) is 0 Å². The molecule has 0 spiro atoms. The van der Waals surface area contributed by atoms with Crippen LogP contribution in [0.25, 0.3) is 0 Å². The molecule has 0 amide bonds. The van der Waals surface area contributed by atoms with Gasteiger partial charge in [-0.05, 0) is 53.5 Å². The van der Waals surface area contributed by atoms with Crippen molar-refractivity contribution in [1.29, 1.82) is 0 Å². The summed E-state index contributed by atoms with van der Waals surface area (Å²) in [4.78, 5) is 0. The van der Waals surface area contributed by atoms with E-state index in [2.05, 4.69) is 55.7 Å². The molecular weight excluding hydrogens is 432 g/mol. The molecule has 4 nitrogen and oxygen atoms in total. The Bertz CT molecular complexity index is 902. The van der Waals surface area contributed by atoms with E-state index in [4.69, 9.17) is 5.73 Å². The molecule has 2 aromatic rings. The first-order valence-corrected chi connectivity index (χ1v) is 12.6. The lowest BCUT2D eigenvalue weighted by atomic mass is 9.74. The van der Waals surface area contributed by atoms with Crippen molar-refractivity contribution in [3.05, 3.63) is 70.8 Å². The predicted octanol–water partition coefficient (Wildman–Crippen LogP) is 4.53. The summed E-state index contributed by atoms with van der Waals surface area (Å²) in [6.45, 7) is 7.97. The molecule has 5 N–H and O–H groups in total. The Kier molecular flexibility index (Phi) is 9.21. The van der Waals surface area contributed by atoms with Gasteiger partial charge in [-0.25, -0.2) is 8.78 Å². The lowest BCUT2D eigenvalue weighted by molar-refractivity contribution is 0.104. The van der Waals surface area contributed by atoms with Gasteiger partial charge in [-0.1, -0.05) is 64.3 Å². The number of nitrogens with two attached hydrogens (primary N) is 1. The zero-order chi connectivity index (χ0) is 24.8. The number of halogens is 2. The quantitative estimate of drug-likeness (QED) is 0.409. The van der Waals surface area contributed by atoms with Crippen molar-refractivity contribution in [3.63, 3.8) is 0 Å². The van der Waals surface area contributed by atoms with E-state index < -0.39 is 17.7 Å². The van der Waals surface area contributed by atoms with Crippen LogP contribution in [0.5, 0.6) is 0 Å².